The third-order valence-electron chi connectivity index (χ3n) is 5.40. The molecule has 1 fully saturated rings. The molecule has 4 rings (SSSR count). The van der Waals surface area contributed by atoms with Crippen LogP contribution < -0.4 is 9.64 Å². The van der Waals surface area contributed by atoms with Crippen LogP contribution in [0.2, 0.25) is 5.02 Å². The molecule has 2 heterocycles. The van der Waals surface area contributed by atoms with Crippen LogP contribution in [0.15, 0.2) is 36.4 Å². The van der Waals surface area contributed by atoms with E-state index >= 15 is 0 Å². The second kappa shape index (κ2) is 7.98. The first-order valence-electron chi connectivity index (χ1n) is 10.1. The molecule has 2 aromatic rings. The Hall–Kier alpha value is -2.08. The van der Waals surface area contributed by atoms with Crippen LogP contribution in [0.5, 0.6) is 5.75 Å². The van der Waals surface area contributed by atoms with Crippen molar-refractivity contribution in [3.63, 3.8) is 0 Å². The van der Waals surface area contributed by atoms with Crippen molar-refractivity contribution in [2.24, 2.45) is 0 Å². The number of anilines is 1. The number of carbonyl (C=O) groups is 1. The Kier molecular flexibility index (Phi) is 5.56. The lowest BCUT2D eigenvalue weighted by atomic mass is 10.0. The van der Waals surface area contributed by atoms with Crippen molar-refractivity contribution in [2.75, 3.05) is 31.3 Å². The van der Waals surface area contributed by atoms with Crippen LogP contribution in [-0.4, -0.2) is 32.3 Å². The van der Waals surface area contributed by atoms with Crippen LogP contribution in [0.3, 0.4) is 0 Å². The van der Waals surface area contributed by atoms with Crippen molar-refractivity contribution in [1.29, 1.82) is 0 Å². The summed E-state index contributed by atoms with van der Waals surface area (Å²) >= 11 is 6.47. The zero-order valence-electron chi connectivity index (χ0n) is 17.0. The molecule has 0 bridgehead atoms. The number of ether oxygens (including phenoxy) is 3. The summed E-state index contributed by atoms with van der Waals surface area (Å²) in [6, 6.07) is 11.7. The molecule has 2 aliphatic rings. The fourth-order valence-corrected chi connectivity index (χ4v) is 4.24. The van der Waals surface area contributed by atoms with Gasteiger partial charge in [0.25, 0.3) is 11.7 Å². The van der Waals surface area contributed by atoms with Gasteiger partial charge in [-0.2, -0.15) is 0 Å². The van der Waals surface area contributed by atoms with Crippen molar-refractivity contribution in [2.45, 2.75) is 38.9 Å². The van der Waals surface area contributed by atoms with Crippen molar-refractivity contribution in [3.8, 4) is 5.75 Å². The lowest BCUT2D eigenvalue weighted by Gasteiger charge is -2.32. The van der Waals surface area contributed by atoms with E-state index in [-0.39, 0.29) is 5.91 Å². The summed E-state index contributed by atoms with van der Waals surface area (Å²) in [6.45, 7) is 7.97. The maximum absolute atomic E-state index is 13.3. The summed E-state index contributed by atoms with van der Waals surface area (Å²) in [6.07, 6.45) is 0.763. The smallest absolute Gasteiger partial charge is 0.292 e. The number of hydrogen-bond acceptors (Lipinski definition) is 4. The lowest BCUT2D eigenvalue weighted by Crippen LogP contribution is -2.48. The fraction of sp³-hybridized carbons (Fsp3) is 0.435. The number of halogens is 1. The predicted octanol–water partition coefficient (Wildman–Crippen LogP) is 4.79. The van der Waals surface area contributed by atoms with Gasteiger partial charge in [0.1, 0.15) is 12.4 Å². The Labute approximate surface area is 176 Å². The Morgan fingerprint density at radius 1 is 1.21 bits per heavy atom. The second-order valence-electron chi connectivity index (χ2n) is 7.80. The van der Waals surface area contributed by atoms with E-state index in [9.17, 15) is 4.79 Å². The number of nitrogens with zero attached hydrogens (tertiary/aromatic N) is 1. The van der Waals surface area contributed by atoms with Gasteiger partial charge in [0, 0.05) is 5.56 Å². The van der Waals surface area contributed by atoms with Crippen LogP contribution >= 0.6 is 11.6 Å². The van der Waals surface area contributed by atoms with Gasteiger partial charge in [0.2, 0.25) is 0 Å². The number of benzene rings is 2. The molecule has 0 unspecified atom stereocenters. The molecule has 29 heavy (non-hydrogen) atoms. The molecule has 0 N–H and O–H groups in total. The van der Waals surface area contributed by atoms with Crippen LogP contribution in [0, 0.1) is 6.92 Å². The third kappa shape index (κ3) is 3.52. The topological polar surface area (TPSA) is 48.0 Å². The van der Waals surface area contributed by atoms with Gasteiger partial charge in [0.15, 0.2) is 0 Å². The summed E-state index contributed by atoms with van der Waals surface area (Å²) in [5, 5.41) is 0.504. The predicted molar refractivity (Wildman–Crippen MR) is 113 cm³/mol. The molecular formula is C23H26ClNO4. The molecule has 2 aliphatic heterocycles. The van der Waals surface area contributed by atoms with Gasteiger partial charge in [0.05, 0.1) is 30.5 Å². The Morgan fingerprint density at radius 3 is 2.69 bits per heavy atom. The molecule has 6 heteroatoms. The van der Waals surface area contributed by atoms with Gasteiger partial charge in [-0.3, -0.25) is 4.79 Å². The number of aryl methyl sites for hydroxylation is 1. The van der Waals surface area contributed by atoms with Gasteiger partial charge < -0.3 is 19.1 Å². The molecule has 0 aromatic heterocycles. The monoisotopic (exact) mass is 415 g/mol. The minimum Gasteiger partial charge on any atom is -0.491 e. The van der Waals surface area contributed by atoms with Crippen molar-refractivity contribution in [3.05, 3.63) is 58.1 Å². The molecule has 0 aliphatic carbocycles. The summed E-state index contributed by atoms with van der Waals surface area (Å²) < 4.78 is 17.8. The maximum atomic E-state index is 13.3. The average molecular weight is 416 g/mol. The first-order valence-corrected chi connectivity index (χ1v) is 10.4. The minimum atomic E-state index is -1.38. The summed E-state index contributed by atoms with van der Waals surface area (Å²) in [7, 11) is 0. The highest BCUT2D eigenvalue weighted by atomic mass is 35.5. The highest BCUT2D eigenvalue weighted by Crippen LogP contribution is 2.48. The number of hydrogen-bond donors (Lipinski definition) is 0. The number of para-hydroxylation sites is 1. The maximum Gasteiger partial charge on any atom is 0.292 e. The zero-order valence-corrected chi connectivity index (χ0v) is 17.8. The summed E-state index contributed by atoms with van der Waals surface area (Å²) in [4.78, 5) is 15.0. The average Bonchev–Trinajstić information content (AvgIpc) is 2.92. The highest BCUT2D eigenvalue weighted by Gasteiger charge is 2.55. The Balaban J connectivity index is 1.57. The molecule has 1 saturated heterocycles. The molecule has 0 saturated carbocycles. The van der Waals surface area contributed by atoms with E-state index in [1.54, 1.807) is 11.0 Å². The van der Waals surface area contributed by atoms with Crippen LogP contribution in [0.4, 0.5) is 5.69 Å². The molecule has 1 spiro atoms. The van der Waals surface area contributed by atoms with E-state index in [4.69, 9.17) is 25.8 Å². The van der Waals surface area contributed by atoms with Crippen LogP contribution in [0.25, 0.3) is 0 Å². The third-order valence-corrected chi connectivity index (χ3v) is 5.71. The van der Waals surface area contributed by atoms with E-state index in [1.165, 1.54) is 0 Å². The van der Waals surface area contributed by atoms with Gasteiger partial charge >= 0.3 is 0 Å². The van der Waals surface area contributed by atoms with E-state index in [1.807, 2.05) is 25.1 Å². The van der Waals surface area contributed by atoms with Crippen molar-refractivity contribution < 1.29 is 19.0 Å². The standard InChI is InChI=1S/C23H26ClNO4/c1-15(2)17-9-8-16(3)14-20(17)27-13-10-25-21-18(6-4-7-19(21)24)23(22(25)26)28-11-5-12-29-23/h4,6-9,14-15H,5,10-13H2,1-3H3. The van der Waals surface area contributed by atoms with Crippen LogP contribution in [0.1, 0.15) is 42.9 Å². The van der Waals surface area contributed by atoms with E-state index < -0.39 is 5.79 Å². The first kappa shape index (κ1) is 20.2. The van der Waals surface area contributed by atoms with Gasteiger partial charge in [-0.25, -0.2) is 0 Å². The summed E-state index contributed by atoms with van der Waals surface area (Å²) in [5.41, 5.74) is 3.61. The number of amides is 1. The second-order valence-corrected chi connectivity index (χ2v) is 8.21. The Morgan fingerprint density at radius 2 is 1.97 bits per heavy atom. The molecule has 1 amide bonds. The Bertz CT molecular complexity index is 921. The zero-order chi connectivity index (χ0) is 20.6. The van der Waals surface area contributed by atoms with Crippen LogP contribution in [-0.2, 0) is 20.1 Å². The minimum absolute atomic E-state index is 0.239. The first-order chi connectivity index (χ1) is 13.9. The fourth-order valence-electron chi connectivity index (χ4n) is 3.96. The lowest BCUT2D eigenvalue weighted by molar-refractivity contribution is -0.256. The van der Waals surface area contributed by atoms with E-state index in [0.29, 0.717) is 48.6 Å². The quantitative estimate of drug-likeness (QED) is 0.704. The van der Waals surface area contributed by atoms with Gasteiger partial charge in [-0.1, -0.05) is 49.7 Å². The molecule has 0 radical (unpaired) electrons. The van der Waals surface area contributed by atoms with Crippen molar-refractivity contribution >= 4 is 23.2 Å². The molecule has 154 valence electrons. The number of carbonyl (C=O) groups excluding carboxylic acids is 1. The molecule has 5 nitrogen and oxygen atoms in total. The highest BCUT2D eigenvalue weighted by molar-refractivity contribution is 6.35. The SMILES string of the molecule is Cc1ccc(C(C)C)c(OCCN2C(=O)C3(OCCCO3)c3cccc(Cl)c32)c1. The number of rotatable bonds is 5. The van der Waals surface area contributed by atoms with Crippen molar-refractivity contribution in [1.82, 2.24) is 0 Å². The largest absolute Gasteiger partial charge is 0.491 e. The molecular weight excluding hydrogens is 390 g/mol. The van der Waals surface area contributed by atoms with E-state index in [0.717, 1.165) is 23.3 Å². The number of fused-ring (bicyclic) bond motifs is 2. The van der Waals surface area contributed by atoms with E-state index in [2.05, 4.69) is 26.0 Å². The molecule has 0 atom stereocenters. The molecule has 2 aromatic carbocycles. The van der Waals surface area contributed by atoms with Gasteiger partial charge in [-0.05, 0) is 42.5 Å². The normalized spacial score (nSPS) is 17.8. The van der Waals surface area contributed by atoms with Gasteiger partial charge in [-0.15, -0.1) is 0 Å². The summed E-state index contributed by atoms with van der Waals surface area (Å²) in [5.74, 6) is -0.421.